The van der Waals surface area contributed by atoms with Gasteiger partial charge in [0.25, 0.3) is 0 Å². The molecule has 66 valence electrons. The summed E-state index contributed by atoms with van der Waals surface area (Å²) in [5, 5.41) is 11.9. The van der Waals surface area contributed by atoms with Gasteiger partial charge in [0.2, 0.25) is 0 Å². The van der Waals surface area contributed by atoms with Crippen molar-refractivity contribution in [3.8, 4) is 0 Å². The van der Waals surface area contributed by atoms with Crippen molar-refractivity contribution >= 4 is 0 Å². The van der Waals surface area contributed by atoms with Gasteiger partial charge < -0.3 is 15.2 Å². The van der Waals surface area contributed by atoms with E-state index in [0.717, 1.165) is 19.4 Å². The summed E-state index contributed by atoms with van der Waals surface area (Å²) in [7, 11) is 0. The first-order chi connectivity index (χ1) is 5.33. The summed E-state index contributed by atoms with van der Waals surface area (Å²) in [4.78, 5) is 0. The highest BCUT2D eigenvalue weighted by molar-refractivity contribution is 4.75. The minimum atomic E-state index is 0.137. The zero-order valence-electron chi connectivity index (χ0n) is 7.05. The highest BCUT2D eigenvalue weighted by atomic mass is 16.5. The summed E-state index contributed by atoms with van der Waals surface area (Å²) in [6.45, 7) is 3.82. The van der Waals surface area contributed by atoms with Crippen molar-refractivity contribution in [1.82, 2.24) is 5.32 Å². The maximum Gasteiger partial charge on any atom is 0.0701 e. The molecule has 0 amide bonds. The van der Waals surface area contributed by atoms with Crippen molar-refractivity contribution in [2.24, 2.45) is 0 Å². The summed E-state index contributed by atoms with van der Waals surface area (Å²) < 4.78 is 5.41. The molecule has 0 aromatic carbocycles. The molecule has 2 N–H and O–H groups in total. The predicted octanol–water partition coefficient (Wildman–Crippen LogP) is 0.136. The number of hydrogen-bond donors (Lipinski definition) is 2. The Labute approximate surface area is 67.7 Å². The van der Waals surface area contributed by atoms with Gasteiger partial charge in [0.05, 0.1) is 19.3 Å². The number of ether oxygens (including phenoxy) is 1. The molecule has 1 aliphatic heterocycles. The highest BCUT2D eigenvalue weighted by Crippen LogP contribution is 2.11. The fraction of sp³-hybridized carbons (Fsp3) is 1.00. The predicted molar refractivity (Wildman–Crippen MR) is 43.5 cm³/mol. The Morgan fingerprint density at radius 1 is 1.64 bits per heavy atom. The summed E-state index contributed by atoms with van der Waals surface area (Å²) in [5.74, 6) is 0. The second-order valence-electron chi connectivity index (χ2n) is 3.10. The van der Waals surface area contributed by atoms with E-state index in [4.69, 9.17) is 9.84 Å². The van der Waals surface area contributed by atoms with Crippen molar-refractivity contribution in [2.75, 3.05) is 19.8 Å². The standard InChI is InChI=1S/C8H17NO2/c1-7-6-8(2-3-9-7)11-5-4-10/h7-10H,2-6H2,1H3. The van der Waals surface area contributed by atoms with E-state index in [2.05, 4.69) is 12.2 Å². The van der Waals surface area contributed by atoms with Crippen molar-refractivity contribution in [3.63, 3.8) is 0 Å². The molecule has 1 saturated heterocycles. The topological polar surface area (TPSA) is 41.5 Å². The smallest absolute Gasteiger partial charge is 0.0701 e. The van der Waals surface area contributed by atoms with E-state index >= 15 is 0 Å². The monoisotopic (exact) mass is 159 g/mol. The molecule has 1 aliphatic rings. The Balaban J connectivity index is 2.12. The largest absolute Gasteiger partial charge is 0.394 e. The molecule has 0 saturated carbocycles. The second-order valence-corrected chi connectivity index (χ2v) is 3.10. The number of aliphatic hydroxyl groups is 1. The van der Waals surface area contributed by atoms with Gasteiger partial charge in [0.1, 0.15) is 0 Å². The van der Waals surface area contributed by atoms with Crippen LogP contribution in [0.25, 0.3) is 0 Å². The Kier molecular flexibility index (Phi) is 3.83. The maximum absolute atomic E-state index is 8.52. The summed E-state index contributed by atoms with van der Waals surface area (Å²) >= 11 is 0. The fourth-order valence-corrected chi connectivity index (χ4v) is 1.46. The van der Waals surface area contributed by atoms with Gasteiger partial charge in [-0.2, -0.15) is 0 Å². The molecule has 0 aliphatic carbocycles. The molecule has 0 spiro atoms. The lowest BCUT2D eigenvalue weighted by Crippen LogP contribution is -2.39. The SMILES string of the molecule is CC1CC(OCCO)CCN1. The van der Waals surface area contributed by atoms with E-state index in [1.807, 2.05) is 0 Å². The Morgan fingerprint density at radius 2 is 2.45 bits per heavy atom. The number of rotatable bonds is 3. The van der Waals surface area contributed by atoms with Crippen molar-refractivity contribution in [1.29, 1.82) is 0 Å². The molecule has 0 aromatic heterocycles. The van der Waals surface area contributed by atoms with Gasteiger partial charge >= 0.3 is 0 Å². The van der Waals surface area contributed by atoms with Crippen LogP contribution in [0.5, 0.6) is 0 Å². The first-order valence-electron chi connectivity index (χ1n) is 4.28. The summed E-state index contributed by atoms with van der Waals surface area (Å²) in [5.41, 5.74) is 0. The van der Waals surface area contributed by atoms with Gasteiger partial charge in [-0.15, -0.1) is 0 Å². The molecule has 3 heteroatoms. The lowest BCUT2D eigenvalue weighted by molar-refractivity contribution is 0.00523. The molecule has 0 radical (unpaired) electrons. The van der Waals surface area contributed by atoms with Gasteiger partial charge in [-0.05, 0) is 26.3 Å². The Bertz CT molecular complexity index is 108. The number of aliphatic hydroxyl groups excluding tert-OH is 1. The summed E-state index contributed by atoms with van der Waals surface area (Å²) in [6, 6.07) is 0.562. The molecule has 11 heavy (non-hydrogen) atoms. The van der Waals surface area contributed by atoms with Crippen molar-refractivity contribution < 1.29 is 9.84 Å². The number of piperidine rings is 1. The van der Waals surface area contributed by atoms with Gasteiger partial charge in [0.15, 0.2) is 0 Å². The summed E-state index contributed by atoms with van der Waals surface area (Å²) in [6.07, 6.45) is 2.50. The van der Waals surface area contributed by atoms with Crippen molar-refractivity contribution in [3.05, 3.63) is 0 Å². The molecule has 1 fully saturated rings. The van der Waals surface area contributed by atoms with E-state index in [-0.39, 0.29) is 6.61 Å². The van der Waals surface area contributed by atoms with Crippen LogP contribution >= 0.6 is 0 Å². The van der Waals surface area contributed by atoms with E-state index in [1.165, 1.54) is 0 Å². The van der Waals surface area contributed by atoms with Crippen LogP contribution in [0.1, 0.15) is 19.8 Å². The van der Waals surface area contributed by atoms with E-state index in [9.17, 15) is 0 Å². The second kappa shape index (κ2) is 4.70. The van der Waals surface area contributed by atoms with Crippen LogP contribution in [-0.4, -0.2) is 37.0 Å². The van der Waals surface area contributed by atoms with E-state index in [0.29, 0.717) is 18.8 Å². The van der Waals surface area contributed by atoms with Crippen LogP contribution in [0.15, 0.2) is 0 Å². The van der Waals surface area contributed by atoms with Gasteiger partial charge in [0, 0.05) is 6.04 Å². The lowest BCUT2D eigenvalue weighted by Gasteiger charge is -2.27. The van der Waals surface area contributed by atoms with Crippen LogP contribution in [0.3, 0.4) is 0 Å². The first kappa shape index (κ1) is 8.97. The Hall–Kier alpha value is -0.120. The first-order valence-corrected chi connectivity index (χ1v) is 4.28. The van der Waals surface area contributed by atoms with E-state index < -0.39 is 0 Å². The van der Waals surface area contributed by atoms with Crippen LogP contribution in [-0.2, 0) is 4.74 Å². The molecule has 2 unspecified atom stereocenters. The normalized spacial score (nSPS) is 32.2. The quantitative estimate of drug-likeness (QED) is 0.615. The molecule has 0 aromatic rings. The Morgan fingerprint density at radius 3 is 3.09 bits per heavy atom. The minimum Gasteiger partial charge on any atom is -0.394 e. The number of hydrogen-bond acceptors (Lipinski definition) is 3. The van der Waals surface area contributed by atoms with Crippen LogP contribution in [0.2, 0.25) is 0 Å². The van der Waals surface area contributed by atoms with Gasteiger partial charge in [-0.3, -0.25) is 0 Å². The molecule has 3 nitrogen and oxygen atoms in total. The minimum absolute atomic E-state index is 0.137. The molecule has 1 heterocycles. The molecular weight excluding hydrogens is 142 g/mol. The zero-order valence-corrected chi connectivity index (χ0v) is 7.05. The van der Waals surface area contributed by atoms with Crippen LogP contribution in [0.4, 0.5) is 0 Å². The number of nitrogens with one attached hydrogen (secondary N) is 1. The average Bonchev–Trinajstić information content (AvgIpc) is 2.01. The third-order valence-corrected chi connectivity index (χ3v) is 2.02. The zero-order chi connectivity index (χ0) is 8.10. The molecular formula is C8H17NO2. The fourth-order valence-electron chi connectivity index (χ4n) is 1.46. The third kappa shape index (κ3) is 3.18. The molecule has 1 rings (SSSR count). The lowest BCUT2D eigenvalue weighted by atomic mass is 10.0. The van der Waals surface area contributed by atoms with Gasteiger partial charge in [-0.25, -0.2) is 0 Å². The third-order valence-electron chi connectivity index (χ3n) is 2.02. The van der Waals surface area contributed by atoms with Crippen LogP contribution in [0, 0.1) is 0 Å². The van der Waals surface area contributed by atoms with E-state index in [1.54, 1.807) is 0 Å². The van der Waals surface area contributed by atoms with Crippen molar-refractivity contribution in [2.45, 2.75) is 31.9 Å². The average molecular weight is 159 g/mol. The maximum atomic E-state index is 8.52. The van der Waals surface area contributed by atoms with Gasteiger partial charge in [-0.1, -0.05) is 0 Å². The van der Waals surface area contributed by atoms with Crippen LogP contribution < -0.4 is 5.32 Å². The molecule has 0 bridgehead atoms. The molecule has 2 atom stereocenters. The highest BCUT2D eigenvalue weighted by Gasteiger charge is 2.17.